The number of nitrogen functional groups attached to an aromatic ring is 1. The van der Waals surface area contributed by atoms with Gasteiger partial charge in [0.05, 0.1) is 19.1 Å². The van der Waals surface area contributed by atoms with Gasteiger partial charge < -0.3 is 44.2 Å². The van der Waals surface area contributed by atoms with Crippen molar-refractivity contribution in [3.8, 4) is 0 Å². The Bertz CT molecular complexity index is 1300. The van der Waals surface area contributed by atoms with Gasteiger partial charge in [0.25, 0.3) is 0 Å². The molecule has 5 atom stereocenters. The van der Waals surface area contributed by atoms with E-state index in [1.54, 1.807) is 12.3 Å². The first-order valence-corrected chi connectivity index (χ1v) is 17.3. The number of hydrogen-bond donors (Lipinski definition) is 9. The summed E-state index contributed by atoms with van der Waals surface area (Å²) in [4.78, 5) is 85.2. The molecule has 17 nitrogen and oxygen atoms in total. The molecule has 0 bridgehead atoms. The molecule has 0 aromatic carbocycles. The van der Waals surface area contributed by atoms with E-state index < -0.39 is 60.2 Å². The van der Waals surface area contributed by atoms with Gasteiger partial charge >= 0.3 is 0 Å². The number of thiazole rings is 1. The summed E-state index contributed by atoms with van der Waals surface area (Å²) in [6.45, 7) is 10.8. The summed E-state index contributed by atoms with van der Waals surface area (Å²) in [5, 5.41) is 15.3. The van der Waals surface area contributed by atoms with Gasteiger partial charge in [-0.15, -0.1) is 11.3 Å². The summed E-state index contributed by atoms with van der Waals surface area (Å²) in [5.74, 6) is -3.71. The predicted molar refractivity (Wildman–Crippen MR) is 189 cm³/mol. The average molecular weight is 710 g/mol. The zero-order valence-electron chi connectivity index (χ0n) is 29.3. The van der Waals surface area contributed by atoms with Crippen LogP contribution in [-0.2, 0) is 24.0 Å². The summed E-state index contributed by atoms with van der Waals surface area (Å²) in [6, 6.07) is -3.81. The Morgan fingerprint density at radius 1 is 0.837 bits per heavy atom. The number of carbonyl (C=O) groups is 6. The van der Waals surface area contributed by atoms with Crippen molar-refractivity contribution in [3.05, 3.63) is 11.1 Å². The molecule has 1 heterocycles. The molecule has 0 fully saturated rings. The van der Waals surface area contributed by atoms with Gasteiger partial charge in [0.15, 0.2) is 16.9 Å². The van der Waals surface area contributed by atoms with Crippen LogP contribution in [0, 0.1) is 17.8 Å². The highest BCUT2D eigenvalue weighted by Crippen LogP contribution is 2.13. The van der Waals surface area contributed by atoms with E-state index in [-0.39, 0.29) is 59.8 Å². The molecule has 49 heavy (non-hydrogen) atoms. The number of primary amides is 1. The number of rotatable bonds is 23. The summed E-state index contributed by atoms with van der Waals surface area (Å²) >= 11 is 1.14. The van der Waals surface area contributed by atoms with Gasteiger partial charge in [-0.3, -0.25) is 39.1 Å². The molecule has 0 spiro atoms. The van der Waals surface area contributed by atoms with Gasteiger partial charge in [-0.1, -0.05) is 48.0 Å². The molecule has 5 amide bonds. The van der Waals surface area contributed by atoms with E-state index in [0.29, 0.717) is 25.7 Å². The highest BCUT2D eigenvalue weighted by Gasteiger charge is 2.31. The number of carbonyl (C=O) groups excluding carboxylic acids is 6. The van der Waals surface area contributed by atoms with Gasteiger partial charge in [-0.05, 0) is 43.4 Å². The van der Waals surface area contributed by atoms with Crippen LogP contribution in [-0.4, -0.2) is 90.1 Å². The quantitative estimate of drug-likeness (QED) is 0.0291. The van der Waals surface area contributed by atoms with Crippen molar-refractivity contribution in [2.45, 2.75) is 97.8 Å². The van der Waals surface area contributed by atoms with Gasteiger partial charge in [-0.25, -0.2) is 4.98 Å². The molecule has 18 heteroatoms. The molecule has 13 N–H and O–H groups in total. The maximum Gasteiger partial charge on any atom is 0.243 e. The highest BCUT2D eigenvalue weighted by molar-refractivity contribution is 7.13. The monoisotopic (exact) mass is 709 g/mol. The Labute approximate surface area is 291 Å². The maximum atomic E-state index is 13.4. The molecular weight excluding hydrogens is 654 g/mol. The van der Waals surface area contributed by atoms with Crippen molar-refractivity contribution in [2.75, 3.05) is 25.4 Å². The topological polar surface area (TPSA) is 292 Å². The van der Waals surface area contributed by atoms with Crippen LogP contribution in [0.15, 0.2) is 10.4 Å². The molecule has 1 aromatic rings. The zero-order chi connectivity index (χ0) is 37.3. The third kappa shape index (κ3) is 16.6. The van der Waals surface area contributed by atoms with Gasteiger partial charge in [0, 0.05) is 11.9 Å². The van der Waals surface area contributed by atoms with Crippen molar-refractivity contribution >= 4 is 57.7 Å². The SMILES string of the molecule is CC[C@H](C)[C@H](NC(=O)[C@H](CC(C)C)NCC(=O)c1csc(N)n1)C(=O)NCC(=O)N[C@@H](CCCN=C(N)N)C(=O)N[C@@H](CC(C)C)C(N)=O. The molecule has 0 aliphatic rings. The summed E-state index contributed by atoms with van der Waals surface area (Å²) in [5.41, 5.74) is 22.1. The molecule has 0 aliphatic heterocycles. The first-order chi connectivity index (χ1) is 22.9. The fraction of sp³-hybridized carbons (Fsp3) is 0.677. The average Bonchev–Trinajstić information content (AvgIpc) is 3.46. The van der Waals surface area contributed by atoms with Crippen LogP contribution < -0.4 is 49.5 Å². The fourth-order valence-corrected chi connectivity index (χ4v) is 5.28. The fourth-order valence-electron chi connectivity index (χ4n) is 4.72. The van der Waals surface area contributed by atoms with E-state index in [0.717, 1.165) is 11.3 Å². The largest absolute Gasteiger partial charge is 0.375 e. The Hall–Kier alpha value is -4.32. The number of amides is 5. The minimum absolute atomic E-state index is 0.0594. The number of guanidine groups is 1. The molecule has 1 aromatic heterocycles. The number of hydrogen-bond acceptors (Lipinski definition) is 11. The summed E-state index contributed by atoms with van der Waals surface area (Å²) in [7, 11) is 0. The van der Waals surface area contributed by atoms with E-state index >= 15 is 0 Å². The van der Waals surface area contributed by atoms with Crippen LogP contribution in [0.4, 0.5) is 5.13 Å². The van der Waals surface area contributed by atoms with Crippen molar-refractivity contribution in [3.63, 3.8) is 0 Å². The Morgan fingerprint density at radius 3 is 1.98 bits per heavy atom. The third-order valence-corrected chi connectivity index (χ3v) is 8.19. The number of ketones is 1. The number of anilines is 1. The molecule has 0 saturated heterocycles. The highest BCUT2D eigenvalue weighted by atomic mass is 32.1. The van der Waals surface area contributed by atoms with Crippen molar-refractivity contribution in [2.24, 2.45) is 39.9 Å². The van der Waals surface area contributed by atoms with E-state index in [2.05, 4.69) is 36.6 Å². The Balaban J connectivity index is 2.97. The second-order valence-corrected chi connectivity index (χ2v) is 13.7. The van der Waals surface area contributed by atoms with Gasteiger partial charge in [-0.2, -0.15) is 0 Å². The number of nitrogens with one attached hydrogen (secondary N) is 5. The predicted octanol–water partition coefficient (Wildman–Crippen LogP) is -0.886. The summed E-state index contributed by atoms with van der Waals surface area (Å²) < 4.78 is 0. The van der Waals surface area contributed by atoms with Crippen LogP contribution >= 0.6 is 11.3 Å². The lowest BCUT2D eigenvalue weighted by Crippen LogP contribution is -2.57. The van der Waals surface area contributed by atoms with Crippen molar-refractivity contribution in [1.82, 2.24) is 31.6 Å². The number of nitrogens with zero attached hydrogens (tertiary/aromatic N) is 2. The molecule has 276 valence electrons. The first-order valence-electron chi connectivity index (χ1n) is 16.4. The second-order valence-electron chi connectivity index (χ2n) is 12.8. The van der Waals surface area contributed by atoms with E-state index in [4.69, 9.17) is 22.9 Å². The van der Waals surface area contributed by atoms with Crippen LogP contribution in [0.5, 0.6) is 0 Å². The van der Waals surface area contributed by atoms with E-state index in [1.165, 1.54) is 0 Å². The van der Waals surface area contributed by atoms with Crippen LogP contribution in [0.25, 0.3) is 0 Å². The minimum Gasteiger partial charge on any atom is -0.375 e. The zero-order valence-corrected chi connectivity index (χ0v) is 30.2. The molecule has 0 saturated carbocycles. The number of aromatic nitrogens is 1. The van der Waals surface area contributed by atoms with Gasteiger partial charge in [0.1, 0.15) is 23.8 Å². The Morgan fingerprint density at radius 2 is 1.45 bits per heavy atom. The smallest absolute Gasteiger partial charge is 0.243 e. The minimum atomic E-state index is -1.08. The Kier molecular flexibility index (Phi) is 18.8. The molecule has 1 rings (SSSR count). The molecule has 0 radical (unpaired) electrons. The maximum absolute atomic E-state index is 13.4. The molecule has 0 aliphatic carbocycles. The number of aliphatic imine (C=N–C) groups is 1. The van der Waals surface area contributed by atoms with E-state index in [1.807, 2.05) is 34.6 Å². The van der Waals surface area contributed by atoms with Crippen LogP contribution in [0.2, 0.25) is 0 Å². The van der Waals surface area contributed by atoms with Crippen LogP contribution in [0.3, 0.4) is 0 Å². The first kappa shape index (κ1) is 42.7. The third-order valence-electron chi connectivity index (χ3n) is 7.52. The molecular formula is C31H55N11O6S. The second kappa shape index (κ2) is 21.6. The van der Waals surface area contributed by atoms with Crippen molar-refractivity contribution < 1.29 is 28.8 Å². The molecule has 0 unspecified atom stereocenters. The number of Topliss-reactive ketones (excluding diaryl/α,β-unsaturated/α-hetero) is 1. The normalized spacial score (nSPS) is 14.2. The van der Waals surface area contributed by atoms with Gasteiger partial charge in [0.2, 0.25) is 29.5 Å². The van der Waals surface area contributed by atoms with E-state index in [9.17, 15) is 28.8 Å². The van der Waals surface area contributed by atoms with Crippen molar-refractivity contribution in [1.29, 1.82) is 0 Å². The van der Waals surface area contributed by atoms with Crippen LogP contribution in [0.1, 0.15) is 84.1 Å². The number of nitrogens with two attached hydrogens (primary N) is 4. The standard InChI is InChI=1S/C31H55N11O6S/c1-7-18(6)25(42-28(47)21(12-17(4)5)37-13-23(43)22-15-49-31(35)41-22)29(48)38-14-24(44)39-19(9-8-10-36-30(33)34)27(46)40-20(26(32)45)11-16(2)3/h15-21,25,37H,7-14H2,1-6H3,(H2,32,45)(H2,35,41)(H,38,48)(H,39,44)(H,40,46)(H,42,47)(H4,33,34,36)/t18-,19-,20-,21-,25-/m0/s1. The lowest BCUT2D eigenvalue weighted by atomic mass is 9.96. The lowest BCUT2D eigenvalue weighted by Gasteiger charge is -2.27. The summed E-state index contributed by atoms with van der Waals surface area (Å²) in [6.07, 6.45) is 1.68. The lowest BCUT2D eigenvalue weighted by molar-refractivity contribution is -0.133.